The van der Waals surface area contributed by atoms with E-state index in [-0.39, 0.29) is 11.7 Å². The van der Waals surface area contributed by atoms with Crippen molar-refractivity contribution in [3.8, 4) is 0 Å². The number of benzene rings is 1. The summed E-state index contributed by atoms with van der Waals surface area (Å²) in [7, 11) is 0. The van der Waals surface area contributed by atoms with E-state index in [1.807, 2.05) is 0 Å². The van der Waals surface area contributed by atoms with Gasteiger partial charge < -0.3 is 10.1 Å². The van der Waals surface area contributed by atoms with E-state index in [0.717, 1.165) is 18.9 Å². The Morgan fingerprint density at radius 1 is 1.39 bits per heavy atom. The van der Waals surface area contributed by atoms with Gasteiger partial charge in [0, 0.05) is 24.8 Å². The van der Waals surface area contributed by atoms with Crippen LogP contribution in [0, 0.1) is 21.7 Å². The summed E-state index contributed by atoms with van der Waals surface area (Å²) in [6.45, 7) is 1.06. The highest BCUT2D eigenvalue weighted by Gasteiger charge is 2.21. The molecule has 1 saturated heterocycles. The molecule has 0 saturated carbocycles. The maximum Gasteiger partial charge on any atom is 0.307 e. The lowest BCUT2D eigenvalue weighted by Crippen LogP contribution is -2.30. The van der Waals surface area contributed by atoms with Crippen LogP contribution in [0.25, 0.3) is 0 Å². The van der Waals surface area contributed by atoms with Gasteiger partial charge in [0.15, 0.2) is 0 Å². The highest BCUT2D eigenvalue weighted by atomic mass is 19.1. The molecule has 2 rings (SSSR count). The monoisotopic (exact) mass is 258 g/mol. The predicted molar refractivity (Wildman–Crippen MR) is 60.5 cm³/mol. The van der Waals surface area contributed by atoms with E-state index in [2.05, 4.69) is 5.32 Å². The molecule has 0 spiro atoms. The van der Waals surface area contributed by atoms with Crippen LogP contribution >= 0.6 is 0 Å². The van der Waals surface area contributed by atoms with Crippen molar-refractivity contribution < 1.29 is 18.4 Å². The summed E-state index contributed by atoms with van der Waals surface area (Å²) in [6, 6.07) is 1.28. The highest BCUT2D eigenvalue weighted by molar-refractivity contribution is 5.53. The van der Waals surface area contributed by atoms with Gasteiger partial charge >= 0.3 is 5.69 Å². The summed E-state index contributed by atoms with van der Waals surface area (Å²) in [5.74, 6) is -2.02. The standard InChI is InChI=1S/C11H12F2N2O3/c12-8-4-9(13)11(15(16)17)5-10(8)14-7-2-1-3-18-6-7/h4-5,7,14H,1-3,6H2. The lowest BCUT2D eigenvalue weighted by Gasteiger charge is -2.24. The maximum atomic E-state index is 13.5. The molecule has 18 heavy (non-hydrogen) atoms. The van der Waals surface area contributed by atoms with Crippen LogP contribution in [0.3, 0.4) is 0 Å². The van der Waals surface area contributed by atoms with Crippen LogP contribution in [0.5, 0.6) is 0 Å². The minimum absolute atomic E-state index is 0.0707. The first-order valence-electron chi connectivity index (χ1n) is 5.55. The number of ether oxygens (including phenoxy) is 1. The molecule has 1 aromatic rings. The van der Waals surface area contributed by atoms with E-state index in [9.17, 15) is 18.9 Å². The molecule has 0 bridgehead atoms. The normalized spacial score (nSPS) is 19.6. The lowest BCUT2D eigenvalue weighted by molar-refractivity contribution is -0.387. The lowest BCUT2D eigenvalue weighted by atomic mass is 10.1. The molecular formula is C11H12F2N2O3. The molecular weight excluding hydrogens is 246 g/mol. The Labute approximate surface area is 102 Å². The molecule has 0 amide bonds. The summed E-state index contributed by atoms with van der Waals surface area (Å²) in [6.07, 6.45) is 1.62. The number of nitro benzene ring substituents is 1. The Kier molecular flexibility index (Phi) is 3.71. The minimum atomic E-state index is -1.18. The van der Waals surface area contributed by atoms with E-state index in [4.69, 9.17) is 4.74 Å². The second-order valence-corrected chi connectivity index (χ2v) is 4.10. The van der Waals surface area contributed by atoms with Gasteiger partial charge in [0.2, 0.25) is 5.82 Å². The van der Waals surface area contributed by atoms with Crippen LogP contribution in [0.15, 0.2) is 12.1 Å². The maximum absolute atomic E-state index is 13.5. The van der Waals surface area contributed by atoms with Gasteiger partial charge in [-0.05, 0) is 12.8 Å². The van der Waals surface area contributed by atoms with Gasteiger partial charge in [-0.15, -0.1) is 0 Å². The largest absolute Gasteiger partial charge is 0.379 e. The Bertz CT molecular complexity index is 462. The molecule has 5 nitrogen and oxygen atoms in total. The van der Waals surface area contributed by atoms with Crippen molar-refractivity contribution in [1.29, 1.82) is 0 Å². The summed E-state index contributed by atoms with van der Waals surface area (Å²) < 4.78 is 31.8. The quantitative estimate of drug-likeness (QED) is 0.668. The molecule has 1 aliphatic heterocycles. The van der Waals surface area contributed by atoms with E-state index in [1.54, 1.807) is 0 Å². The molecule has 0 radical (unpaired) electrons. The number of hydrogen-bond acceptors (Lipinski definition) is 4. The van der Waals surface area contributed by atoms with Gasteiger partial charge in [0.05, 0.1) is 17.2 Å². The van der Waals surface area contributed by atoms with E-state index < -0.39 is 22.2 Å². The van der Waals surface area contributed by atoms with Crippen LogP contribution in [0.1, 0.15) is 12.8 Å². The Morgan fingerprint density at radius 2 is 2.17 bits per heavy atom. The van der Waals surface area contributed by atoms with Crippen molar-refractivity contribution in [2.75, 3.05) is 18.5 Å². The molecule has 0 aliphatic carbocycles. The molecule has 1 N–H and O–H groups in total. The number of rotatable bonds is 3. The number of halogens is 2. The third-order valence-electron chi connectivity index (χ3n) is 2.75. The first kappa shape index (κ1) is 12.7. The van der Waals surface area contributed by atoms with E-state index in [1.165, 1.54) is 0 Å². The molecule has 1 unspecified atom stereocenters. The van der Waals surface area contributed by atoms with Crippen molar-refractivity contribution in [1.82, 2.24) is 0 Å². The molecule has 1 aromatic carbocycles. The van der Waals surface area contributed by atoms with Crippen LogP contribution in [-0.4, -0.2) is 24.2 Å². The third kappa shape index (κ3) is 2.73. The van der Waals surface area contributed by atoms with Crippen LogP contribution in [-0.2, 0) is 4.74 Å². The molecule has 1 atom stereocenters. The van der Waals surface area contributed by atoms with E-state index in [0.29, 0.717) is 19.3 Å². The highest BCUT2D eigenvalue weighted by Crippen LogP contribution is 2.26. The number of anilines is 1. The van der Waals surface area contributed by atoms with Crippen LogP contribution in [0.2, 0.25) is 0 Å². The Hall–Kier alpha value is -1.76. The molecule has 98 valence electrons. The first-order chi connectivity index (χ1) is 8.58. The third-order valence-corrected chi connectivity index (χ3v) is 2.75. The second-order valence-electron chi connectivity index (χ2n) is 4.10. The number of nitro groups is 1. The fourth-order valence-electron chi connectivity index (χ4n) is 1.86. The fourth-order valence-corrected chi connectivity index (χ4v) is 1.86. The number of hydrogen-bond donors (Lipinski definition) is 1. The van der Waals surface area contributed by atoms with Gasteiger partial charge in [0.1, 0.15) is 5.82 Å². The zero-order valence-electron chi connectivity index (χ0n) is 9.49. The number of nitrogens with zero attached hydrogens (tertiary/aromatic N) is 1. The van der Waals surface area contributed by atoms with Crippen LogP contribution < -0.4 is 5.32 Å². The molecule has 0 aromatic heterocycles. The van der Waals surface area contributed by atoms with E-state index >= 15 is 0 Å². The van der Waals surface area contributed by atoms with Crippen molar-refractivity contribution in [3.63, 3.8) is 0 Å². The van der Waals surface area contributed by atoms with Crippen molar-refractivity contribution in [2.45, 2.75) is 18.9 Å². The predicted octanol–water partition coefficient (Wildman–Crippen LogP) is 2.46. The zero-order valence-corrected chi connectivity index (χ0v) is 9.49. The van der Waals surface area contributed by atoms with Gasteiger partial charge in [-0.3, -0.25) is 10.1 Å². The fraction of sp³-hybridized carbons (Fsp3) is 0.455. The molecule has 7 heteroatoms. The average molecular weight is 258 g/mol. The Balaban J connectivity index is 2.21. The average Bonchev–Trinajstić information content (AvgIpc) is 2.33. The first-order valence-corrected chi connectivity index (χ1v) is 5.55. The SMILES string of the molecule is O=[N+]([O-])c1cc(NC2CCCOC2)c(F)cc1F. The summed E-state index contributed by atoms with van der Waals surface area (Å²) in [4.78, 5) is 9.69. The zero-order chi connectivity index (χ0) is 13.1. The van der Waals surface area contributed by atoms with Crippen molar-refractivity contribution in [2.24, 2.45) is 0 Å². The number of nitrogens with one attached hydrogen (secondary N) is 1. The Morgan fingerprint density at radius 3 is 2.78 bits per heavy atom. The summed E-state index contributed by atoms with van der Waals surface area (Å²) in [5.41, 5.74) is -0.811. The minimum Gasteiger partial charge on any atom is -0.379 e. The van der Waals surface area contributed by atoms with Crippen molar-refractivity contribution in [3.05, 3.63) is 33.9 Å². The second kappa shape index (κ2) is 5.26. The van der Waals surface area contributed by atoms with Gasteiger partial charge in [0.25, 0.3) is 0 Å². The van der Waals surface area contributed by atoms with Crippen LogP contribution in [0.4, 0.5) is 20.2 Å². The van der Waals surface area contributed by atoms with Gasteiger partial charge in [-0.25, -0.2) is 4.39 Å². The molecule has 1 fully saturated rings. The topological polar surface area (TPSA) is 64.4 Å². The molecule has 1 aliphatic rings. The smallest absolute Gasteiger partial charge is 0.307 e. The summed E-state index contributed by atoms with van der Waals surface area (Å²) in [5, 5.41) is 13.4. The van der Waals surface area contributed by atoms with Gasteiger partial charge in [-0.1, -0.05) is 0 Å². The molecule has 1 heterocycles. The summed E-state index contributed by atoms with van der Waals surface area (Å²) >= 11 is 0. The van der Waals surface area contributed by atoms with Gasteiger partial charge in [-0.2, -0.15) is 4.39 Å². The van der Waals surface area contributed by atoms with Crippen molar-refractivity contribution >= 4 is 11.4 Å².